The average Bonchev–Trinajstić information content (AvgIpc) is 3.19. The van der Waals surface area contributed by atoms with E-state index in [9.17, 15) is 24.0 Å². The second-order valence-corrected chi connectivity index (χ2v) is 8.68. The standard InChI is InChI=1S/C28H26N2O10/c1-36-20(31)13-19-22(25(33)37-2)28(23(24(29)40-19)26(34)38-3)17-11-7-8-12-18(17)30(27(28)35)14-21(32)39-15-16-9-5-4-6-10-16/h4-12H,13-15,29H2,1-3H3/t28-/m1/s1. The van der Waals surface area contributed by atoms with Crippen LogP contribution in [0.25, 0.3) is 0 Å². The second kappa shape index (κ2) is 11.3. The molecule has 0 aliphatic carbocycles. The van der Waals surface area contributed by atoms with Crippen molar-refractivity contribution in [2.24, 2.45) is 5.73 Å². The molecule has 0 bridgehead atoms. The lowest BCUT2D eigenvalue weighted by Gasteiger charge is -2.36. The number of rotatable bonds is 8. The minimum absolute atomic E-state index is 0.0425. The molecule has 0 saturated carbocycles. The van der Waals surface area contributed by atoms with Crippen molar-refractivity contribution >= 4 is 35.5 Å². The maximum atomic E-state index is 14.5. The van der Waals surface area contributed by atoms with Crippen LogP contribution < -0.4 is 10.6 Å². The van der Waals surface area contributed by atoms with E-state index in [1.165, 1.54) is 12.1 Å². The van der Waals surface area contributed by atoms with Crippen molar-refractivity contribution in [2.45, 2.75) is 18.4 Å². The topological polar surface area (TPSA) is 161 Å². The van der Waals surface area contributed by atoms with Gasteiger partial charge in [-0.3, -0.25) is 19.3 Å². The van der Waals surface area contributed by atoms with E-state index in [1.807, 2.05) is 6.07 Å². The van der Waals surface area contributed by atoms with Gasteiger partial charge in [0, 0.05) is 11.3 Å². The molecule has 208 valence electrons. The Bertz CT molecular complexity index is 1450. The Labute approximate surface area is 228 Å². The van der Waals surface area contributed by atoms with Crippen molar-refractivity contribution in [1.29, 1.82) is 0 Å². The van der Waals surface area contributed by atoms with Gasteiger partial charge in [-0.05, 0) is 11.6 Å². The number of benzene rings is 2. The number of amides is 1. The third kappa shape index (κ3) is 4.64. The van der Waals surface area contributed by atoms with Crippen LogP contribution >= 0.6 is 0 Å². The van der Waals surface area contributed by atoms with Crippen molar-refractivity contribution in [3.05, 3.63) is 88.5 Å². The Morgan fingerprint density at radius 1 is 0.850 bits per heavy atom. The Morgan fingerprint density at radius 2 is 1.48 bits per heavy atom. The van der Waals surface area contributed by atoms with Crippen LogP contribution in [0.15, 0.2) is 77.4 Å². The fourth-order valence-electron chi connectivity index (χ4n) is 4.81. The molecule has 1 spiro atoms. The molecule has 2 aliphatic rings. The van der Waals surface area contributed by atoms with E-state index in [1.54, 1.807) is 36.4 Å². The molecule has 1 amide bonds. The van der Waals surface area contributed by atoms with Gasteiger partial charge in [0.2, 0.25) is 11.8 Å². The van der Waals surface area contributed by atoms with E-state index in [-0.39, 0.29) is 23.6 Å². The van der Waals surface area contributed by atoms with Crippen LogP contribution in [-0.4, -0.2) is 57.7 Å². The van der Waals surface area contributed by atoms with Gasteiger partial charge in [0.25, 0.3) is 0 Å². The highest BCUT2D eigenvalue weighted by molar-refractivity contribution is 6.23. The van der Waals surface area contributed by atoms with Gasteiger partial charge in [-0.25, -0.2) is 9.59 Å². The number of nitrogens with zero attached hydrogens (tertiary/aromatic N) is 1. The van der Waals surface area contributed by atoms with Crippen LogP contribution in [0.4, 0.5) is 5.69 Å². The van der Waals surface area contributed by atoms with Crippen LogP contribution in [0, 0.1) is 0 Å². The summed E-state index contributed by atoms with van der Waals surface area (Å²) in [7, 11) is 3.24. The van der Waals surface area contributed by atoms with Gasteiger partial charge < -0.3 is 29.4 Å². The average molecular weight is 551 g/mol. The van der Waals surface area contributed by atoms with E-state index >= 15 is 0 Å². The van der Waals surface area contributed by atoms with Crippen molar-refractivity contribution in [2.75, 3.05) is 32.8 Å². The number of methoxy groups -OCH3 is 3. The lowest BCUT2D eigenvalue weighted by Crippen LogP contribution is -2.51. The van der Waals surface area contributed by atoms with E-state index in [0.29, 0.717) is 0 Å². The number of esters is 4. The zero-order valence-electron chi connectivity index (χ0n) is 21.9. The zero-order chi connectivity index (χ0) is 29.0. The van der Waals surface area contributed by atoms with E-state index < -0.39 is 65.2 Å². The maximum absolute atomic E-state index is 14.5. The lowest BCUT2D eigenvalue weighted by atomic mass is 9.67. The van der Waals surface area contributed by atoms with Crippen molar-refractivity contribution < 1.29 is 47.7 Å². The lowest BCUT2D eigenvalue weighted by molar-refractivity contribution is -0.144. The Balaban J connectivity index is 1.88. The molecule has 2 N–H and O–H groups in total. The number of fused-ring (bicyclic) bond motifs is 2. The highest BCUT2D eigenvalue weighted by atomic mass is 16.5. The van der Waals surface area contributed by atoms with Crippen molar-refractivity contribution in [3.63, 3.8) is 0 Å². The number of hydrogen-bond donors (Lipinski definition) is 1. The van der Waals surface area contributed by atoms with Gasteiger partial charge in [-0.15, -0.1) is 0 Å². The molecule has 0 unspecified atom stereocenters. The summed E-state index contributed by atoms with van der Waals surface area (Å²) in [6, 6.07) is 15.1. The minimum atomic E-state index is -2.28. The van der Waals surface area contributed by atoms with Crippen molar-refractivity contribution in [3.8, 4) is 0 Å². The molecule has 1 atom stereocenters. The fourth-order valence-corrected chi connectivity index (χ4v) is 4.81. The number of hydrogen-bond acceptors (Lipinski definition) is 11. The Kier molecular flexibility index (Phi) is 7.89. The normalized spacial score (nSPS) is 17.8. The van der Waals surface area contributed by atoms with Crippen LogP contribution in [0.2, 0.25) is 0 Å². The van der Waals surface area contributed by atoms with Gasteiger partial charge in [0.15, 0.2) is 0 Å². The van der Waals surface area contributed by atoms with Crippen LogP contribution in [0.3, 0.4) is 0 Å². The van der Waals surface area contributed by atoms with Gasteiger partial charge >= 0.3 is 23.9 Å². The fraction of sp³-hybridized carbons (Fsp3) is 0.250. The second-order valence-electron chi connectivity index (χ2n) is 8.68. The molecule has 0 saturated heterocycles. The number of nitrogens with two attached hydrogens (primary N) is 1. The number of ether oxygens (including phenoxy) is 5. The first kappa shape index (κ1) is 27.9. The van der Waals surface area contributed by atoms with Crippen LogP contribution in [-0.2, 0) is 59.7 Å². The molecule has 2 heterocycles. The Morgan fingerprint density at radius 3 is 2.12 bits per heavy atom. The predicted octanol–water partition coefficient (Wildman–Crippen LogP) is 1.38. The summed E-state index contributed by atoms with van der Waals surface area (Å²) in [5, 5.41) is 0. The predicted molar refractivity (Wildman–Crippen MR) is 137 cm³/mol. The minimum Gasteiger partial charge on any atom is -0.469 e. The zero-order valence-corrected chi connectivity index (χ0v) is 21.9. The molecule has 40 heavy (non-hydrogen) atoms. The molecule has 0 fully saturated rings. The summed E-state index contributed by atoms with van der Waals surface area (Å²) in [5.41, 5.74) is 3.93. The molecule has 4 rings (SSSR count). The molecule has 0 aromatic heterocycles. The third-order valence-corrected chi connectivity index (χ3v) is 6.51. The van der Waals surface area contributed by atoms with E-state index in [2.05, 4.69) is 0 Å². The molecular formula is C28H26N2O10. The van der Waals surface area contributed by atoms with Crippen molar-refractivity contribution in [1.82, 2.24) is 0 Å². The molecule has 12 nitrogen and oxygen atoms in total. The first-order valence-corrected chi connectivity index (χ1v) is 12.0. The number of para-hydroxylation sites is 1. The smallest absolute Gasteiger partial charge is 0.340 e. The molecule has 2 aromatic carbocycles. The summed E-state index contributed by atoms with van der Waals surface area (Å²) >= 11 is 0. The van der Waals surface area contributed by atoms with Crippen LogP contribution in [0.1, 0.15) is 17.5 Å². The molecular weight excluding hydrogens is 524 g/mol. The first-order valence-electron chi connectivity index (χ1n) is 12.0. The van der Waals surface area contributed by atoms with Gasteiger partial charge in [-0.1, -0.05) is 48.5 Å². The highest BCUT2D eigenvalue weighted by Crippen LogP contribution is 2.54. The number of anilines is 1. The maximum Gasteiger partial charge on any atom is 0.340 e. The van der Waals surface area contributed by atoms with Gasteiger partial charge in [-0.2, -0.15) is 0 Å². The largest absolute Gasteiger partial charge is 0.469 e. The van der Waals surface area contributed by atoms with Gasteiger partial charge in [0.1, 0.15) is 41.9 Å². The molecule has 2 aliphatic heterocycles. The monoisotopic (exact) mass is 550 g/mol. The van der Waals surface area contributed by atoms with Gasteiger partial charge in [0.05, 0.1) is 21.3 Å². The van der Waals surface area contributed by atoms with E-state index in [4.69, 9.17) is 29.4 Å². The Hall–Kier alpha value is -5.13. The first-order chi connectivity index (χ1) is 19.2. The molecule has 0 radical (unpaired) electrons. The quantitative estimate of drug-likeness (QED) is 0.373. The molecule has 12 heteroatoms. The SMILES string of the molecule is COC(=O)CC1=C(C(=O)OC)[C@@]2(C(=O)N(CC(=O)OCc3ccccc3)c3ccccc32)C(C(=O)OC)=C(N)O1. The summed E-state index contributed by atoms with van der Waals surface area (Å²) in [4.78, 5) is 67.2. The number of carbonyl (C=O) groups excluding carboxylic acids is 5. The summed E-state index contributed by atoms with van der Waals surface area (Å²) in [6.45, 7) is -0.611. The van der Waals surface area contributed by atoms with Crippen LogP contribution in [0.5, 0.6) is 0 Å². The highest BCUT2D eigenvalue weighted by Gasteiger charge is 2.64. The summed E-state index contributed by atoms with van der Waals surface area (Å²) < 4.78 is 25.6. The summed E-state index contributed by atoms with van der Waals surface area (Å²) in [6.07, 6.45) is -0.619. The number of carbonyl (C=O) groups is 5. The summed E-state index contributed by atoms with van der Waals surface area (Å²) in [5.74, 6) is -5.57. The third-order valence-electron chi connectivity index (χ3n) is 6.51. The molecule has 2 aromatic rings. The van der Waals surface area contributed by atoms with E-state index in [0.717, 1.165) is 31.8 Å².